The van der Waals surface area contributed by atoms with E-state index >= 15 is 0 Å². The highest BCUT2D eigenvalue weighted by molar-refractivity contribution is 7.56. The van der Waals surface area contributed by atoms with Crippen LogP contribution < -0.4 is 10.8 Å². The molecule has 0 fully saturated rings. The summed E-state index contributed by atoms with van der Waals surface area (Å²) in [6.07, 6.45) is 2.27. The summed E-state index contributed by atoms with van der Waals surface area (Å²) in [7, 11) is -3.87. The van der Waals surface area contributed by atoms with E-state index in [9.17, 15) is 14.2 Å². The minimum atomic E-state index is -3.87. The molecule has 13 nitrogen and oxygen atoms in total. The highest BCUT2D eigenvalue weighted by Crippen LogP contribution is 2.45. The molecule has 0 aliphatic heterocycles. The van der Waals surface area contributed by atoms with Gasteiger partial charge in [0.15, 0.2) is 18.1 Å². The van der Waals surface area contributed by atoms with Crippen molar-refractivity contribution in [3.8, 4) is 0 Å². The average Bonchev–Trinajstić information content (AvgIpc) is 3.18. The second-order valence-corrected chi connectivity index (χ2v) is 10.9. The first-order valence-electron chi connectivity index (χ1n) is 11.3. The second kappa shape index (κ2) is 12.4. The molecule has 0 bridgehead atoms. The van der Waals surface area contributed by atoms with E-state index in [1.54, 1.807) is 31.7 Å². The number of aromatic nitrogens is 4. The van der Waals surface area contributed by atoms with Gasteiger partial charge in [-0.1, -0.05) is 6.92 Å². The lowest BCUT2D eigenvalue weighted by Gasteiger charge is -2.30. The molecule has 0 saturated heterocycles. The van der Waals surface area contributed by atoms with Crippen molar-refractivity contribution in [2.75, 3.05) is 25.3 Å². The molecule has 0 saturated carbocycles. The fraction of sp³-hybridized carbons (Fsp3) is 0.667. The monoisotopic (exact) mass is 514 g/mol. The molecule has 0 aliphatic carbocycles. The Kier molecular flexibility index (Phi) is 10.1. The Labute approximate surface area is 204 Å². The lowest BCUT2D eigenvalue weighted by atomic mass is 10.1. The fourth-order valence-electron chi connectivity index (χ4n) is 2.99. The van der Waals surface area contributed by atoms with Crippen molar-refractivity contribution in [3.05, 3.63) is 12.7 Å². The molecule has 2 rings (SSSR count). The number of nitrogens with two attached hydrogens (primary N) is 1. The van der Waals surface area contributed by atoms with E-state index in [0.29, 0.717) is 24.1 Å². The Morgan fingerprint density at radius 3 is 2.60 bits per heavy atom. The first-order valence-corrected chi connectivity index (χ1v) is 13.1. The summed E-state index contributed by atoms with van der Waals surface area (Å²) in [5, 5.41) is 2.71. The van der Waals surface area contributed by atoms with E-state index in [2.05, 4.69) is 20.0 Å². The SMILES string of the molecule is CCCOC(=O)C(C)(C)N[P@](=O)(CO[C@H](C)Cn1cnc2c(N)ncnc21)OCC(=O)OC(C)C. The van der Waals surface area contributed by atoms with Crippen LogP contribution in [-0.4, -0.2) is 68.8 Å². The van der Waals surface area contributed by atoms with E-state index in [0.717, 1.165) is 0 Å². The number of nitrogen functional groups attached to an aromatic ring is 1. The standard InChI is InChI=1S/C21H35N6O7P/c1-7-8-31-20(29)21(5,6)26-35(30,33-10-16(28)34-14(2)3)13-32-15(4)9-27-12-25-17-18(22)23-11-24-19(17)27/h11-12,14-15H,7-10,13H2,1-6H3,(H,26,30)(H2,22,23,24)/t15-,35+/m1/s1. The van der Waals surface area contributed by atoms with Crippen molar-refractivity contribution >= 4 is 36.4 Å². The molecular weight excluding hydrogens is 479 g/mol. The lowest BCUT2D eigenvalue weighted by Crippen LogP contribution is -2.47. The molecular formula is C21H35N6O7P. The van der Waals surface area contributed by atoms with Crippen molar-refractivity contribution in [2.24, 2.45) is 0 Å². The number of hydrogen-bond acceptors (Lipinski definition) is 11. The number of nitrogens with zero attached hydrogens (tertiary/aromatic N) is 4. The number of nitrogens with one attached hydrogen (secondary N) is 1. The van der Waals surface area contributed by atoms with E-state index in [1.165, 1.54) is 20.2 Å². The van der Waals surface area contributed by atoms with E-state index in [-0.39, 0.29) is 18.5 Å². The third-order valence-electron chi connectivity index (χ3n) is 4.57. The van der Waals surface area contributed by atoms with Gasteiger partial charge < -0.3 is 29.0 Å². The summed E-state index contributed by atoms with van der Waals surface area (Å²) >= 11 is 0. The molecule has 196 valence electrons. The van der Waals surface area contributed by atoms with Crippen LogP contribution in [0.1, 0.15) is 48.0 Å². The van der Waals surface area contributed by atoms with Gasteiger partial charge in [-0.25, -0.2) is 24.8 Å². The summed E-state index contributed by atoms with van der Waals surface area (Å²) in [4.78, 5) is 36.7. The molecule has 0 unspecified atom stereocenters. The molecule has 14 heteroatoms. The zero-order chi connectivity index (χ0) is 26.2. The van der Waals surface area contributed by atoms with E-state index < -0.39 is 44.1 Å². The van der Waals surface area contributed by atoms with Crippen molar-refractivity contribution in [1.29, 1.82) is 0 Å². The Balaban J connectivity index is 2.11. The maximum absolute atomic E-state index is 13.6. The third-order valence-corrected chi connectivity index (χ3v) is 6.50. The van der Waals surface area contributed by atoms with E-state index in [4.69, 9.17) is 24.5 Å². The molecule has 2 aromatic heterocycles. The third kappa shape index (κ3) is 8.53. The summed E-state index contributed by atoms with van der Waals surface area (Å²) in [6, 6.07) is 0. The number of carbonyl (C=O) groups is 2. The van der Waals surface area contributed by atoms with Gasteiger partial charge in [0, 0.05) is 0 Å². The number of rotatable bonds is 14. The molecule has 35 heavy (non-hydrogen) atoms. The first-order chi connectivity index (χ1) is 16.4. The molecule has 0 aromatic carbocycles. The Morgan fingerprint density at radius 1 is 1.23 bits per heavy atom. The van der Waals surface area contributed by atoms with Crippen molar-refractivity contribution in [2.45, 2.75) is 72.3 Å². The topological polar surface area (TPSA) is 170 Å². The van der Waals surface area contributed by atoms with Gasteiger partial charge in [-0.05, 0) is 41.0 Å². The van der Waals surface area contributed by atoms with Crippen LogP contribution in [0.3, 0.4) is 0 Å². The highest BCUT2D eigenvalue weighted by atomic mass is 31.2. The van der Waals surface area contributed by atoms with Gasteiger partial charge >= 0.3 is 11.9 Å². The Hall–Kier alpha value is -2.60. The quantitative estimate of drug-likeness (QED) is 0.279. The maximum atomic E-state index is 13.6. The molecule has 3 N–H and O–H groups in total. The molecule has 0 spiro atoms. The van der Waals surface area contributed by atoms with Crippen molar-refractivity contribution in [3.63, 3.8) is 0 Å². The predicted octanol–water partition coefficient (Wildman–Crippen LogP) is 2.25. The van der Waals surface area contributed by atoms with Crippen LogP contribution in [-0.2, 0) is 39.4 Å². The molecule has 2 heterocycles. The van der Waals surface area contributed by atoms with Gasteiger partial charge in [0.1, 0.15) is 23.7 Å². The first kappa shape index (κ1) is 28.6. The number of hydrogen-bond donors (Lipinski definition) is 2. The largest absolute Gasteiger partial charge is 0.464 e. The molecule has 0 radical (unpaired) electrons. The summed E-state index contributed by atoms with van der Waals surface area (Å²) in [5.74, 6) is -1.04. The summed E-state index contributed by atoms with van der Waals surface area (Å²) < 4.78 is 36.8. The van der Waals surface area contributed by atoms with Gasteiger partial charge in [0.2, 0.25) is 0 Å². The normalized spacial score (nSPS) is 14.6. The number of ether oxygens (including phenoxy) is 3. The van der Waals surface area contributed by atoms with Gasteiger partial charge in [0.05, 0.1) is 31.7 Å². The van der Waals surface area contributed by atoms with Crippen molar-refractivity contribution in [1.82, 2.24) is 24.6 Å². The number of imidazole rings is 1. The number of anilines is 1. The maximum Gasteiger partial charge on any atom is 0.332 e. The number of esters is 2. The minimum Gasteiger partial charge on any atom is -0.464 e. The fourth-order valence-corrected chi connectivity index (χ4v) is 4.90. The van der Waals surface area contributed by atoms with Gasteiger partial charge in [-0.3, -0.25) is 9.36 Å². The zero-order valence-corrected chi connectivity index (χ0v) is 21.9. The van der Waals surface area contributed by atoms with Crippen LogP contribution in [0.25, 0.3) is 11.2 Å². The molecule has 2 atom stereocenters. The minimum absolute atomic E-state index is 0.219. The number of carbonyl (C=O) groups excluding carboxylic acids is 2. The highest BCUT2D eigenvalue weighted by Gasteiger charge is 2.39. The number of fused-ring (bicyclic) bond motifs is 1. The van der Waals surface area contributed by atoms with Crippen LogP contribution in [0.2, 0.25) is 0 Å². The molecule has 0 amide bonds. The Bertz CT molecular complexity index is 1060. The second-order valence-electron chi connectivity index (χ2n) is 8.79. The zero-order valence-electron chi connectivity index (χ0n) is 21.0. The van der Waals surface area contributed by atoms with Gasteiger partial charge in [-0.2, -0.15) is 0 Å². The van der Waals surface area contributed by atoms with Crippen LogP contribution in [0.5, 0.6) is 0 Å². The van der Waals surface area contributed by atoms with E-state index in [1.807, 2.05) is 6.92 Å². The van der Waals surface area contributed by atoms with Crippen LogP contribution in [0.15, 0.2) is 12.7 Å². The van der Waals surface area contributed by atoms with Crippen LogP contribution in [0.4, 0.5) is 5.82 Å². The summed E-state index contributed by atoms with van der Waals surface area (Å²) in [5.41, 5.74) is 5.45. The van der Waals surface area contributed by atoms with Crippen LogP contribution in [0, 0.1) is 0 Å². The smallest absolute Gasteiger partial charge is 0.332 e. The molecule has 0 aliphatic rings. The predicted molar refractivity (Wildman–Crippen MR) is 128 cm³/mol. The lowest BCUT2D eigenvalue weighted by molar-refractivity contribution is -0.149. The van der Waals surface area contributed by atoms with Crippen molar-refractivity contribution < 1.29 is 32.9 Å². The summed E-state index contributed by atoms with van der Waals surface area (Å²) in [6.45, 7) is 9.97. The Morgan fingerprint density at radius 2 is 1.94 bits per heavy atom. The van der Waals surface area contributed by atoms with Gasteiger partial charge in [-0.15, -0.1) is 0 Å². The molecule has 2 aromatic rings. The average molecular weight is 515 g/mol. The van der Waals surface area contributed by atoms with Crippen LogP contribution >= 0.6 is 7.52 Å². The van der Waals surface area contributed by atoms with Gasteiger partial charge in [0.25, 0.3) is 7.52 Å².